The number of benzene rings is 2. The van der Waals surface area contributed by atoms with E-state index in [1.807, 2.05) is 60.9 Å². The van der Waals surface area contributed by atoms with Crippen molar-refractivity contribution in [2.75, 3.05) is 12.3 Å². The van der Waals surface area contributed by atoms with Crippen molar-refractivity contribution < 1.29 is 4.79 Å². The highest BCUT2D eigenvalue weighted by Gasteiger charge is 2.17. The zero-order valence-corrected chi connectivity index (χ0v) is 16.1. The molecule has 1 heterocycles. The normalized spacial score (nSPS) is 10.7. The summed E-state index contributed by atoms with van der Waals surface area (Å²) >= 11 is 7.39. The van der Waals surface area contributed by atoms with Crippen LogP contribution in [0.4, 0.5) is 0 Å². The minimum absolute atomic E-state index is 0.0275. The van der Waals surface area contributed by atoms with Crippen molar-refractivity contribution in [1.82, 2.24) is 20.1 Å². The number of halogens is 1. The molecule has 26 heavy (non-hydrogen) atoms. The fourth-order valence-corrected chi connectivity index (χ4v) is 3.44. The molecule has 0 aliphatic heterocycles. The van der Waals surface area contributed by atoms with Gasteiger partial charge in [-0.2, -0.15) is 0 Å². The molecule has 0 saturated heterocycles. The van der Waals surface area contributed by atoms with Crippen LogP contribution in [0.5, 0.6) is 0 Å². The van der Waals surface area contributed by atoms with Crippen molar-refractivity contribution in [2.24, 2.45) is 0 Å². The first kappa shape index (κ1) is 18.5. The van der Waals surface area contributed by atoms with Crippen molar-refractivity contribution in [3.05, 3.63) is 59.1 Å². The molecule has 7 heteroatoms. The number of amides is 1. The van der Waals surface area contributed by atoms with Crippen molar-refractivity contribution >= 4 is 29.3 Å². The summed E-state index contributed by atoms with van der Waals surface area (Å²) in [5, 5.41) is 12.8. The van der Waals surface area contributed by atoms with Crippen LogP contribution in [0.25, 0.3) is 17.1 Å². The first-order chi connectivity index (χ1) is 12.6. The average Bonchev–Trinajstić information content (AvgIpc) is 3.05. The Morgan fingerprint density at radius 2 is 1.96 bits per heavy atom. The van der Waals surface area contributed by atoms with E-state index >= 15 is 0 Å². The van der Waals surface area contributed by atoms with Gasteiger partial charge in [0.25, 0.3) is 0 Å². The van der Waals surface area contributed by atoms with Crippen molar-refractivity contribution in [1.29, 1.82) is 0 Å². The third-order valence-electron chi connectivity index (χ3n) is 3.70. The van der Waals surface area contributed by atoms with E-state index in [0.717, 1.165) is 22.6 Å². The van der Waals surface area contributed by atoms with Crippen LogP contribution in [0.2, 0.25) is 5.02 Å². The molecule has 3 rings (SSSR count). The number of hydrogen-bond donors (Lipinski definition) is 1. The van der Waals surface area contributed by atoms with Gasteiger partial charge in [0.15, 0.2) is 11.0 Å². The van der Waals surface area contributed by atoms with Gasteiger partial charge >= 0.3 is 0 Å². The van der Waals surface area contributed by atoms with Gasteiger partial charge < -0.3 is 5.32 Å². The monoisotopic (exact) mass is 386 g/mol. The lowest BCUT2D eigenvalue weighted by Gasteiger charge is -2.11. The Bertz CT molecular complexity index is 908. The lowest BCUT2D eigenvalue weighted by atomic mass is 10.1. The molecule has 1 aromatic heterocycles. The number of carbonyl (C=O) groups excluding carboxylic acids is 1. The number of rotatable bonds is 6. The number of nitrogens with one attached hydrogen (secondary N) is 1. The Hall–Kier alpha value is -2.31. The zero-order chi connectivity index (χ0) is 18.5. The maximum absolute atomic E-state index is 11.8. The van der Waals surface area contributed by atoms with E-state index in [4.69, 9.17) is 11.6 Å². The molecule has 2 aromatic carbocycles. The van der Waals surface area contributed by atoms with E-state index in [9.17, 15) is 4.79 Å². The summed E-state index contributed by atoms with van der Waals surface area (Å²) < 4.78 is 1.95. The number of thioether (sulfide) groups is 1. The fourth-order valence-electron chi connectivity index (χ4n) is 2.54. The lowest BCUT2D eigenvalue weighted by molar-refractivity contribution is -0.118. The van der Waals surface area contributed by atoms with Crippen LogP contribution >= 0.6 is 23.4 Å². The molecule has 0 radical (unpaired) electrons. The fraction of sp³-hybridized carbons (Fsp3) is 0.211. The first-order valence-electron chi connectivity index (χ1n) is 8.26. The largest absolute Gasteiger partial charge is 0.356 e. The molecule has 0 atom stereocenters. The molecular formula is C19H19ClN4OS. The molecule has 0 unspecified atom stereocenters. The van der Waals surface area contributed by atoms with E-state index in [1.54, 1.807) is 0 Å². The van der Waals surface area contributed by atoms with Gasteiger partial charge in [0, 0.05) is 22.8 Å². The number of nitrogens with zero attached hydrogens (tertiary/aromatic N) is 3. The summed E-state index contributed by atoms with van der Waals surface area (Å²) in [6.45, 7) is 4.55. The minimum Gasteiger partial charge on any atom is -0.356 e. The van der Waals surface area contributed by atoms with Crippen molar-refractivity contribution in [3.63, 3.8) is 0 Å². The average molecular weight is 387 g/mol. The molecular weight excluding hydrogens is 368 g/mol. The van der Waals surface area contributed by atoms with Crippen LogP contribution in [0, 0.1) is 6.92 Å². The molecule has 0 spiro atoms. The van der Waals surface area contributed by atoms with Crippen LogP contribution in [-0.4, -0.2) is 33.0 Å². The summed E-state index contributed by atoms with van der Waals surface area (Å²) in [6, 6.07) is 15.6. The van der Waals surface area contributed by atoms with E-state index in [-0.39, 0.29) is 11.7 Å². The molecule has 134 valence electrons. The number of carbonyl (C=O) groups is 1. The van der Waals surface area contributed by atoms with Crippen molar-refractivity contribution in [2.45, 2.75) is 19.0 Å². The third kappa shape index (κ3) is 4.26. The van der Waals surface area contributed by atoms with Crippen molar-refractivity contribution in [3.8, 4) is 17.1 Å². The summed E-state index contributed by atoms with van der Waals surface area (Å²) in [4.78, 5) is 11.8. The SMILES string of the molecule is CCNC(=O)CSc1nnc(-c2cccc(C)c2)n1-c1ccc(Cl)cc1. The van der Waals surface area contributed by atoms with E-state index in [2.05, 4.69) is 21.6 Å². The second kappa shape index (κ2) is 8.38. The maximum atomic E-state index is 11.8. The third-order valence-corrected chi connectivity index (χ3v) is 4.88. The topological polar surface area (TPSA) is 59.8 Å². The molecule has 0 aliphatic rings. The van der Waals surface area contributed by atoms with Gasteiger partial charge in [0.05, 0.1) is 5.75 Å². The van der Waals surface area contributed by atoms with Crippen LogP contribution in [0.15, 0.2) is 53.7 Å². The Kier molecular flexibility index (Phi) is 5.96. The Labute approximate surface area is 161 Å². The predicted molar refractivity (Wildman–Crippen MR) is 106 cm³/mol. The molecule has 5 nitrogen and oxygen atoms in total. The molecule has 1 amide bonds. The van der Waals surface area contributed by atoms with Gasteiger partial charge in [-0.15, -0.1) is 10.2 Å². The van der Waals surface area contributed by atoms with Crippen LogP contribution in [0.1, 0.15) is 12.5 Å². The maximum Gasteiger partial charge on any atom is 0.230 e. The molecule has 0 fully saturated rings. The molecule has 3 aromatic rings. The van der Waals surface area contributed by atoms with E-state index < -0.39 is 0 Å². The first-order valence-corrected chi connectivity index (χ1v) is 9.62. The Morgan fingerprint density at radius 1 is 1.19 bits per heavy atom. The molecule has 0 saturated carbocycles. The van der Waals surface area contributed by atoms with E-state index in [0.29, 0.717) is 16.7 Å². The number of aromatic nitrogens is 3. The van der Waals surface area contributed by atoms with Gasteiger partial charge in [-0.3, -0.25) is 9.36 Å². The van der Waals surface area contributed by atoms with Gasteiger partial charge in [0.2, 0.25) is 5.91 Å². The quantitative estimate of drug-likeness (QED) is 0.647. The van der Waals surface area contributed by atoms with Crippen LogP contribution in [0.3, 0.4) is 0 Å². The summed E-state index contributed by atoms with van der Waals surface area (Å²) in [6.07, 6.45) is 0. The minimum atomic E-state index is -0.0275. The lowest BCUT2D eigenvalue weighted by Crippen LogP contribution is -2.24. The second-order valence-corrected chi connectivity index (χ2v) is 7.11. The zero-order valence-electron chi connectivity index (χ0n) is 14.6. The van der Waals surface area contributed by atoms with Crippen LogP contribution < -0.4 is 5.32 Å². The highest BCUT2D eigenvalue weighted by molar-refractivity contribution is 7.99. The van der Waals surface area contributed by atoms with Gasteiger partial charge in [-0.25, -0.2) is 0 Å². The smallest absolute Gasteiger partial charge is 0.230 e. The molecule has 1 N–H and O–H groups in total. The van der Waals surface area contributed by atoms with Gasteiger partial charge in [0.1, 0.15) is 0 Å². The number of aryl methyl sites for hydroxylation is 1. The van der Waals surface area contributed by atoms with E-state index in [1.165, 1.54) is 11.8 Å². The standard InChI is InChI=1S/C19H19ClN4OS/c1-3-21-17(25)12-26-19-23-22-18(14-6-4-5-13(2)11-14)24(19)16-9-7-15(20)8-10-16/h4-11H,3,12H2,1-2H3,(H,21,25). The Morgan fingerprint density at radius 3 is 2.65 bits per heavy atom. The highest BCUT2D eigenvalue weighted by atomic mass is 35.5. The van der Waals surface area contributed by atoms with Gasteiger partial charge in [-0.05, 0) is 44.2 Å². The Balaban J connectivity index is 2.02. The summed E-state index contributed by atoms with van der Waals surface area (Å²) in [5.74, 6) is 0.989. The second-order valence-electron chi connectivity index (χ2n) is 5.73. The highest BCUT2D eigenvalue weighted by Crippen LogP contribution is 2.28. The van der Waals surface area contributed by atoms with Gasteiger partial charge in [-0.1, -0.05) is 47.1 Å². The molecule has 0 aliphatic carbocycles. The summed E-state index contributed by atoms with van der Waals surface area (Å²) in [7, 11) is 0. The predicted octanol–water partition coefficient (Wildman–Crippen LogP) is 4.12. The summed E-state index contributed by atoms with van der Waals surface area (Å²) in [5.41, 5.74) is 3.01. The van der Waals surface area contributed by atoms with Crippen LogP contribution in [-0.2, 0) is 4.79 Å². The number of hydrogen-bond acceptors (Lipinski definition) is 4. The molecule has 0 bridgehead atoms.